The predicted octanol–water partition coefficient (Wildman–Crippen LogP) is 4.42. The number of carbonyl (C=O) groups excluding carboxylic acids is 1. The minimum Gasteiger partial charge on any atom is -0.352 e. The summed E-state index contributed by atoms with van der Waals surface area (Å²) in [6.07, 6.45) is 12.6. The van der Waals surface area contributed by atoms with Gasteiger partial charge in [-0.3, -0.25) is 4.79 Å². The summed E-state index contributed by atoms with van der Waals surface area (Å²) < 4.78 is 0. The van der Waals surface area contributed by atoms with Gasteiger partial charge in [0.2, 0.25) is 5.91 Å². The van der Waals surface area contributed by atoms with Crippen molar-refractivity contribution in [3.05, 3.63) is 0 Å². The Labute approximate surface area is 136 Å². The number of hydrogen-bond acceptors (Lipinski definition) is 1. The summed E-state index contributed by atoms with van der Waals surface area (Å²) in [4.78, 5) is 13.6. The molecule has 5 aliphatic rings. The number of rotatable bonds is 2. The summed E-state index contributed by atoms with van der Waals surface area (Å²) in [6, 6.07) is 0.368. The molecule has 0 aromatic rings. The lowest BCUT2D eigenvalue weighted by molar-refractivity contribution is -0.156. The molecular formula is C18H28BrNO. The van der Waals surface area contributed by atoms with Crippen LogP contribution in [-0.2, 0) is 4.79 Å². The third-order valence-corrected chi connectivity index (χ3v) is 7.93. The van der Waals surface area contributed by atoms with Gasteiger partial charge in [-0.2, -0.15) is 0 Å². The molecule has 21 heavy (non-hydrogen) atoms. The molecule has 5 rings (SSSR count). The van der Waals surface area contributed by atoms with Crippen LogP contribution in [0.2, 0.25) is 0 Å². The second kappa shape index (κ2) is 4.97. The molecule has 0 saturated heterocycles. The Morgan fingerprint density at radius 2 is 1.76 bits per heavy atom. The van der Waals surface area contributed by atoms with Crippen LogP contribution in [0.25, 0.3) is 0 Å². The van der Waals surface area contributed by atoms with Crippen LogP contribution in [0.15, 0.2) is 0 Å². The summed E-state index contributed by atoms with van der Waals surface area (Å²) in [6.45, 7) is 2.44. The largest absolute Gasteiger partial charge is 0.352 e. The molecule has 118 valence electrons. The Bertz CT molecular complexity index is 434. The Balaban J connectivity index is 1.51. The van der Waals surface area contributed by atoms with Gasteiger partial charge in [-0.05, 0) is 68.6 Å². The van der Waals surface area contributed by atoms with Crippen LogP contribution in [0.4, 0.5) is 0 Å². The minimum atomic E-state index is -0.0109. The van der Waals surface area contributed by atoms with Crippen LogP contribution in [0, 0.1) is 22.7 Å². The summed E-state index contributed by atoms with van der Waals surface area (Å²) in [5, 5.41) is 3.46. The van der Waals surface area contributed by atoms with E-state index in [-0.39, 0.29) is 5.41 Å². The van der Waals surface area contributed by atoms with E-state index in [4.69, 9.17) is 0 Å². The van der Waals surface area contributed by atoms with Crippen LogP contribution in [0.3, 0.4) is 0 Å². The highest BCUT2D eigenvalue weighted by molar-refractivity contribution is 9.09. The van der Waals surface area contributed by atoms with Gasteiger partial charge in [0.25, 0.3) is 0 Å². The maximum Gasteiger partial charge on any atom is 0.226 e. The van der Waals surface area contributed by atoms with Gasteiger partial charge in [-0.15, -0.1) is 0 Å². The molecule has 5 fully saturated rings. The van der Waals surface area contributed by atoms with Crippen LogP contribution >= 0.6 is 15.9 Å². The highest BCUT2D eigenvalue weighted by atomic mass is 79.9. The van der Waals surface area contributed by atoms with Crippen LogP contribution in [0.1, 0.15) is 71.1 Å². The average Bonchev–Trinajstić information content (AvgIpc) is 2.38. The molecule has 4 atom stereocenters. The molecule has 5 saturated carbocycles. The second-order valence-electron chi connectivity index (χ2n) is 8.93. The quantitative estimate of drug-likeness (QED) is 0.731. The predicted molar refractivity (Wildman–Crippen MR) is 88.3 cm³/mol. The molecular weight excluding hydrogens is 326 g/mol. The van der Waals surface area contributed by atoms with E-state index < -0.39 is 0 Å². The normalized spacial score (nSPS) is 51.9. The second-order valence-corrected chi connectivity index (χ2v) is 10.1. The van der Waals surface area contributed by atoms with Gasteiger partial charge in [0.1, 0.15) is 0 Å². The number of hydrogen-bond donors (Lipinski definition) is 1. The van der Waals surface area contributed by atoms with Gasteiger partial charge in [-0.25, -0.2) is 0 Å². The van der Waals surface area contributed by atoms with Crippen molar-refractivity contribution in [2.45, 2.75) is 82.0 Å². The Kier molecular flexibility index (Phi) is 3.44. The maximum atomic E-state index is 13.1. The Hall–Kier alpha value is -0.0500. The van der Waals surface area contributed by atoms with Gasteiger partial charge < -0.3 is 5.32 Å². The SMILES string of the molecule is CC12CC3CC(C1)CC(C(=O)NC1CCCCC1Br)(C3)C2. The Morgan fingerprint density at radius 1 is 1.10 bits per heavy atom. The van der Waals surface area contributed by atoms with Crippen molar-refractivity contribution in [3.63, 3.8) is 0 Å². The highest BCUT2D eigenvalue weighted by Gasteiger charge is 2.59. The van der Waals surface area contributed by atoms with Gasteiger partial charge in [0.05, 0.1) is 5.41 Å². The van der Waals surface area contributed by atoms with Crippen molar-refractivity contribution in [3.8, 4) is 0 Å². The van der Waals surface area contributed by atoms with E-state index in [2.05, 4.69) is 28.2 Å². The molecule has 2 nitrogen and oxygen atoms in total. The summed E-state index contributed by atoms with van der Waals surface area (Å²) in [5.74, 6) is 2.06. The molecule has 0 radical (unpaired) electrons. The highest BCUT2D eigenvalue weighted by Crippen LogP contribution is 2.65. The van der Waals surface area contributed by atoms with Crippen LogP contribution in [0.5, 0.6) is 0 Å². The lowest BCUT2D eigenvalue weighted by Crippen LogP contribution is -2.58. The van der Waals surface area contributed by atoms with Gasteiger partial charge >= 0.3 is 0 Å². The standard InChI is InChI=1S/C18H28BrNO/c1-17-7-12-6-13(8-17)10-18(9-12,11-17)16(21)20-15-5-3-2-4-14(15)19/h12-15H,2-11H2,1H3,(H,20,21). The fraction of sp³-hybridized carbons (Fsp3) is 0.944. The number of alkyl halides is 1. The van der Waals surface area contributed by atoms with Crippen molar-refractivity contribution in [2.75, 3.05) is 0 Å². The zero-order valence-electron chi connectivity index (χ0n) is 13.2. The maximum absolute atomic E-state index is 13.1. The molecule has 0 aliphatic heterocycles. The van der Waals surface area contributed by atoms with Crippen molar-refractivity contribution < 1.29 is 4.79 Å². The smallest absolute Gasteiger partial charge is 0.226 e. The first-order chi connectivity index (χ1) is 9.98. The lowest BCUT2D eigenvalue weighted by atomic mass is 9.44. The van der Waals surface area contributed by atoms with Crippen LogP contribution in [-0.4, -0.2) is 16.8 Å². The molecule has 4 bridgehead atoms. The first kappa shape index (κ1) is 14.5. The monoisotopic (exact) mass is 353 g/mol. The fourth-order valence-electron chi connectivity index (χ4n) is 6.56. The molecule has 1 N–H and O–H groups in total. The molecule has 0 heterocycles. The number of halogens is 1. The van der Waals surface area contributed by atoms with Crippen molar-refractivity contribution >= 4 is 21.8 Å². The van der Waals surface area contributed by atoms with E-state index >= 15 is 0 Å². The molecule has 4 unspecified atom stereocenters. The van der Waals surface area contributed by atoms with Crippen LogP contribution < -0.4 is 5.32 Å². The van der Waals surface area contributed by atoms with E-state index in [1.54, 1.807) is 0 Å². The molecule has 3 heteroatoms. The van der Waals surface area contributed by atoms with Crippen molar-refractivity contribution in [1.29, 1.82) is 0 Å². The summed E-state index contributed by atoms with van der Waals surface area (Å²) >= 11 is 3.79. The van der Waals surface area contributed by atoms with Crippen molar-refractivity contribution in [1.82, 2.24) is 5.32 Å². The Morgan fingerprint density at radius 3 is 2.38 bits per heavy atom. The minimum absolute atomic E-state index is 0.0109. The van der Waals surface area contributed by atoms with E-state index in [9.17, 15) is 4.79 Å². The summed E-state index contributed by atoms with van der Waals surface area (Å²) in [7, 11) is 0. The van der Waals surface area contributed by atoms with Gasteiger partial charge in [0.15, 0.2) is 0 Å². The molecule has 5 aliphatic carbocycles. The van der Waals surface area contributed by atoms with E-state index in [1.165, 1.54) is 51.4 Å². The lowest BCUT2D eigenvalue weighted by Gasteiger charge is -2.60. The number of amides is 1. The first-order valence-electron chi connectivity index (χ1n) is 8.93. The zero-order chi connectivity index (χ0) is 14.7. The number of carbonyl (C=O) groups is 1. The first-order valence-corrected chi connectivity index (χ1v) is 9.85. The molecule has 1 amide bonds. The van der Waals surface area contributed by atoms with E-state index in [0.717, 1.165) is 24.7 Å². The molecule has 0 aromatic heterocycles. The molecule has 0 aromatic carbocycles. The van der Waals surface area contributed by atoms with E-state index in [0.29, 0.717) is 22.2 Å². The van der Waals surface area contributed by atoms with Crippen molar-refractivity contribution in [2.24, 2.45) is 22.7 Å². The van der Waals surface area contributed by atoms with Gasteiger partial charge in [-0.1, -0.05) is 35.7 Å². The fourth-order valence-corrected chi connectivity index (χ4v) is 7.28. The third kappa shape index (κ3) is 2.48. The topological polar surface area (TPSA) is 29.1 Å². The third-order valence-electron chi connectivity index (χ3n) is 6.83. The summed E-state index contributed by atoms with van der Waals surface area (Å²) in [5.41, 5.74) is 0.449. The zero-order valence-corrected chi connectivity index (χ0v) is 14.8. The number of nitrogens with one attached hydrogen (secondary N) is 1. The van der Waals surface area contributed by atoms with E-state index in [1.807, 2.05) is 0 Å². The molecule has 0 spiro atoms. The van der Waals surface area contributed by atoms with Gasteiger partial charge in [0, 0.05) is 10.9 Å². The average molecular weight is 354 g/mol.